The Morgan fingerprint density at radius 1 is 1.23 bits per heavy atom. The number of H-pyrrole nitrogens is 1. The summed E-state index contributed by atoms with van der Waals surface area (Å²) in [6.45, 7) is 2.03. The van der Waals surface area contributed by atoms with Gasteiger partial charge in [0.25, 0.3) is 0 Å². The van der Waals surface area contributed by atoms with Crippen molar-refractivity contribution in [3.05, 3.63) is 64.1 Å². The molecule has 5 nitrogen and oxygen atoms in total. The Balaban J connectivity index is 1.64. The van der Waals surface area contributed by atoms with Crippen LogP contribution in [0.1, 0.15) is 17.5 Å². The van der Waals surface area contributed by atoms with E-state index in [2.05, 4.69) is 16.4 Å². The van der Waals surface area contributed by atoms with Crippen LogP contribution in [0.25, 0.3) is 11.1 Å². The maximum atomic E-state index is 12.0. The zero-order chi connectivity index (χ0) is 15.5. The number of aromatic nitrogens is 1. The molecule has 0 saturated heterocycles. The Bertz CT molecular complexity index is 877. The number of anilines is 1. The van der Waals surface area contributed by atoms with E-state index in [9.17, 15) is 9.59 Å². The number of fused-ring (bicyclic) bond motifs is 1. The maximum absolute atomic E-state index is 12.0. The zero-order valence-corrected chi connectivity index (χ0v) is 12.2. The number of rotatable bonds is 4. The summed E-state index contributed by atoms with van der Waals surface area (Å²) < 4.78 is 4.97. The summed E-state index contributed by atoms with van der Waals surface area (Å²) >= 11 is 0. The molecule has 0 bridgehead atoms. The highest BCUT2D eigenvalue weighted by atomic mass is 16.4. The predicted molar refractivity (Wildman–Crippen MR) is 85.0 cm³/mol. The summed E-state index contributed by atoms with van der Waals surface area (Å²) in [6.07, 6.45) is 1.09. The molecule has 0 atom stereocenters. The van der Waals surface area contributed by atoms with Gasteiger partial charge in [-0.1, -0.05) is 29.8 Å². The largest absolute Gasteiger partial charge is 0.417 e. The van der Waals surface area contributed by atoms with E-state index < -0.39 is 5.76 Å². The minimum absolute atomic E-state index is 0.0706. The lowest BCUT2D eigenvalue weighted by molar-refractivity contribution is -0.116. The smallest absolute Gasteiger partial charge is 0.408 e. The quantitative estimate of drug-likeness (QED) is 0.777. The number of benzene rings is 2. The maximum Gasteiger partial charge on any atom is 0.417 e. The Morgan fingerprint density at radius 2 is 2.09 bits per heavy atom. The summed E-state index contributed by atoms with van der Waals surface area (Å²) in [4.78, 5) is 25.7. The Kier molecular flexibility index (Phi) is 3.78. The van der Waals surface area contributed by atoms with Crippen molar-refractivity contribution < 1.29 is 9.21 Å². The van der Waals surface area contributed by atoms with Crippen molar-refractivity contribution in [2.75, 3.05) is 5.32 Å². The van der Waals surface area contributed by atoms with Gasteiger partial charge in [0, 0.05) is 18.2 Å². The first-order chi connectivity index (χ1) is 10.6. The van der Waals surface area contributed by atoms with E-state index in [1.54, 1.807) is 18.2 Å². The van der Waals surface area contributed by atoms with Crippen molar-refractivity contribution in [2.45, 2.75) is 19.8 Å². The predicted octanol–water partition coefficient (Wildman–Crippen LogP) is 3.00. The van der Waals surface area contributed by atoms with E-state index in [-0.39, 0.29) is 5.91 Å². The van der Waals surface area contributed by atoms with Gasteiger partial charge in [-0.05, 0) is 31.0 Å². The molecule has 1 amide bonds. The van der Waals surface area contributed by atoms with E-state index in [0.29, 0.717) is 29.6 Å². The van der Waals surface area contributed by atoms with E-state index in [1.165, 1.54) is 5.56 Å². The molecule has 0 spiro atoms. The molecule has 1 aromatic heterocycles. The van der Waals surface area contributed by atoms with E-state index in [1.807, 2.05) is 25.1 Å². The van der Waals surface area contributed by atoms with Crippen molar-refractivity contribution in [3.63, 3.8) is 0 Å². The summed E-state index contributed by atoms with van der Waals surface area (Å²) in [7, 11) is 0. The van der Waals surface area contributed by atoms with Gasteiger partial charge in [0.15, 0.2) is 5.58 Å². The molecule has 112 valence electrons. The van der Waals surface area contributed by atoms with Crippen molar-refractivity contribution >= 4 is 22.7 Å². The number of aromatic amines is 1. The number of nitrogens with one attached hydrogen (secondary N) is 2. The fraction of sp³-hybridized carbons (Fsp3) is 0.176. The second-order valence-corrected chi connectivity index (χ2v) is 5.26. The normalized spacial score (nSPS) is 10.8. The molecule has 0 aliphatic carbocycles. The van der Waals surface area contributed by atoms with Gasteiger partial charge >= 0.3 is 5.76 Å². The molecule has 2 aromatic carbocycles. The first kappa shape index (κ1) is 14.1. The highest BCUT2D eigenvalue weighted by Crippen LogP contribution is 2.16. The lowest BCUT2D eigenvalue weighted by Crippen LogP contribution is -2.12. The topological polar surface area (TPSA) is 75.1 Å². The minimum Gasteiger partial charge on any atom is -0.408 e. The van der Waals surface area contributed by atoms with E-state index in [0.717, 1.165) is 5.56 Å². The Labute approximate surface area is 127 Å². The average Bonchev–Trinajstić information content (AvgIpc) is 2.84. The van der Waals surface area contributed by atoms with Crippen LogP contribution < -0.4 is 11.1 Å². The summed E-state index contributed by atoms with van der Waals surface area (Å²) in [6, 6.07) is 13.2. The highest BCUT2D eigenvalue weighted by Gasteiger charge is 2.06. The fourth-order valence-electron chi connectivity index (χ4n) is 2.37. The summed E-state index contributed by atoms with van der Waals surface area (Å²) in [5, 5.41) is 2.81. The van der Waals surface area contributed by atoms with Crippen LogP contribution in [-0.4, -0.2) is 10.9 Å². The first-order valence-corrected chi connectivity index (χ1v) is 7.08. The molecular weight excluding hydrogens is 280 g/mol. The van der Waals surface area contributed by atoms with Crippen LogP contribution in [0.2, 0.25) is 0 Å². The molecule has 0 saturated carbocycles. The summed E-state index contributed by atoms with van der Waals surface area (Å²) in [5.74, 6) is -0.573. The third-order valence-corrected chi connectivity index (χ3v) is 3.43. The van der Waals surface area contributed by atoms with Gasteiger partial charge in [-0.25, -0.2) is 4.79 Å². The van der Waals surface area contributed by atoms with E-state index >= 15 is 0 Å². The molecule has 1 heterocycles. The van der Waals surface area contributed by atoms with Crippen LogP contribution in [0.15, 0.2) is 51.7 Å². The third kappa shape index (κ3) is 3.25. The van der Waals surface area contributed by atoms with Crippen molar-refractivity contribution in [3.8, 4) is 0 Å². The molecule has 3 rings (SSSR count). The average molecular weight is 296 g/mol. The number of carbonyl (C=O) groups excluding carboxylic acids is 1. The third-order valence-electron chi connectivity index (χ3n) is 3.43. The number of amides is 1. The van der Waals surface area contributed by atoms with Crippen molar-refractivity contribution in [1.82, 2.24) is 4.98 Å². The number of carbonyl (C=O) groups is 1. The van der Waals surface area contributed by atoms with Gasteiger partial charge in [0.1, 0.15) is 0 Å². The van der Waals surface area contributed by atoms with Gasteiger partial charge in [0.2, 0.25) is 5.91 Å². The monoisotopic (exact) mass is 296 g/mol. The second-order valence-electron chi connectivity index (χ2n) is 5.26. The Morgan fingerprint density at radius 3 is 2.91 bits per heavy atom. The van der Waals surface area contributed by atoms with Crippen LogP contribution in [-0.2, 0) is 11.2 Å². The number of oxazole rings is 1. The molecule has 2 N–H and O–H groups in total. The number of hydrogen-bond acceptors (Lipinski definition) is 3. The van der Waals surface area contributed by atoms with E-state index in [4.69, 9.17) is 4.42 Å². The fourth-order valence-corrected chi connectivity index (χ4v) is 2.37. The molecule has 0 aliphatic heterocycles. The number of hydrogen-bond donors (Lipinski definition) is 2. The van der Waals surface area contributed by atoms with Gasteiger partial charge < -0.3 is 9.73 Å². The van der Waals surface area contributed by atoms with Crippen LogP contribution in [0.5, 0.6) is 0 Å². The standard InChI is InChI=1S/C17H16N2O3/c1-11-3-2-4-12(9-11)5-8-16(20)18-13-6-7-14-15(10-13)22-17(21)19-14/h2-4,6-7,9-10H,5,8H2,1H3,(H,18,20)(H,19,21). The second kappa shape index (κ2) is 5.89. The number of aryl methyl sites for hydroxylation is 2. The van der Waals surface area contributed by atoms with Crippen LogP contribution in [0, 0.1) is 6.92 Å². The first-order valence-electron chi connectivity index (χ1n) is 7.08. The Hall–Kier alpha value is -2.82. The lowest BCUT2D eigenvalue weighted by Gasteiger charge is -2.05. The molecule has 5 heteroatoms. The summed E-state index contributed by atoms with van der Waals surface area (Å²) in [5.41, 5.74) is 3.99. The molecule has 3 aromatic rings. The lowest BCUT2D eigenvalue weighted by atomic mass is 10.1. The van der Waals surface area contributed by atoms with Crippen molar-refractivity contribution in [2.24, 2.45) is 0 Å². The van der Waals surface area contributed by atoms with Crippen LogP contribution in [0.3, 0.4) is 0 Å². The van der Waals surface area contributed by atoms with Gasteiger partial charge in [-0.2, -0.15) is 0 Å². The van der Waals surface area contributed by atoms with Crippen LogP contribution in [0.4, 0.5) is 5.69 Å². The molecule has 0 radical (unpaired) electrons. The molecular formula is C17H16N2O3. The molecule has 22 heavy (non-hydrogen) atoms. The van der Waals surface area contributed by atoms with Crippen molar-refractivity contribution in [1.29, 1.82) is 0 Å². The van der Waals surface area contributed by atoms with Gasteiger partial charge in [-0.3, -0.25) is 9.78 Å². The minimum atomic E-state index is -0.502. The van der Waals surface area contributed by atoms with Crippen LogP contribution >= 0.6 is 0 Å². The SMILES string of the molecule is Cc1cccc(CCC(=O)Nc2ccc3[nH]c(=O)oc3c2)c1. The molecule has 0 aliphatic rings. The van der Waals surface area contributed by atoms with Gasteiger partial charge in [-0.15, -0.1) is 0 Å². The highest BCUT2D eigenvalue weighted by molar-refractivity contribution is 5.92. The zero-order valence-electron chi connectivity index (χ0n) is 12.2. The van der Waals surface area contributed by atoms with Gasteiger partial charge in [0.05, 0.1) is 5.52 Å². The molecule has 0 fully saturated rings. The molecule has 0 unspecified atom stereocenters.